The van der Waals surface area contributed by atoms with Crippen LogP contribution < -0.4 is 11.2 Å². The standard InChI is InChI=1S/C11H14N4OS/c1-15(2)10(16)9-5-3-4-8(6-9)7-13-14-11(12)17/h3-7H,1-2H3,(H3,12,14,17). The largest absolute Gasteiger partial charge is 0.375 e. The number of rotatable bonds is 3. The van der Waals surface area contributed by atoms with E-state index in [2.05, 4.69) is 22.7 Å². The van der Waals surface area contributed by atoms with E-state index in [9.17, 15) is 4.79 Å². The summed E-state index contributed by atoms with van der Waals surface area (Å²) in [5.41, 5.74) is 9.07. The molecule has 0 spiro atoms. The second kappa shape index (κ2) is 5.95. The lowest BCUT2D eigenvalue weighted by molar-refractivity contribution is 0.0827. The van der Waals surface area contributed by atoms with Gasteiger partial charge in [-0.1, -0.05) is 12.1 Å². The highest BCUT2D eigenvalue weighted by atomic mass is 32.1. The molecule has 0 saturated carbocycles. The van der Waals surface area contributed by atoms with Gasteiger partial charge in [-0.2, -0.15) is 5.10 Å². The van der Waals surface area contributed by atoms with Crippen LogP contribution in [0.2, 0.25) is 0 Å². The van der Waals surface area contributed by atoms with Crippen LogP contribution in [0.3, 0.4) is 0 Å². The first kappa shape index (κ1) is 13.1. The Kier molecular flexibility index (Phi) is 4.59. The molecule has 1 amide bonds. The number of thiocarbonyl (C=S) groups is 1. The van der Waals surface area contributed by atoms with E-state index in [4.69, 9.17) is 5.73 Å². The van der Waals surface area contributed by atoms with Gasteiger partial charge in [0.2, 0.25) is 0 Å². The minimum Gasteiger partial charge on any atom is -0.375 e. The normalized spacial score (nSPS) is 10.2. The third kappa shape index (κ3) is 4.20. The number of nitrogens with one attached hydrogen (secondary N) is 1. The monoisotopic (exact) mass is 250 g/mol. The Bertz CT molecular complexity index is 457. The number of nitrogens with zero attached hydrogens (tertiary/aromatic N) is 2. The molecule has 0 radical (unpaired) electrons. The van der Waals surface area contributed by atoms with Crippen molar-refractivity contribution in [3.63, 3.8) is 0 Å². The molecule has 1 rings (SSSR count). The van der Waals surface area contributed by atoms with Gasteiger partial charge in [0, 0.05) is 19.7 Å². The molecule has 0 unspecified atom stereocenters. The molecule has 3 N–H and O–H groups in total. The number of benzene rings is 1. The zero-order chi connectivity index (χ0) is 12.8. The Morgan fingerprint density at radius 3 is 2.82 bits per heavy atom. The Hall–Kier alpha value is -1.95. The van der Waals surface area contributed by atoms with Crippen molar-refractivity contribution in [3.8, 4) is 0 Å². The second-order valence-electron chi connectivity index (χ2n) is 3.56. The molecule has 0 atom stereocenters. The molecule has 0 aliphatic carbocycles. The summed E-state index contributed by atoms with van der Waals surface area (Å²) in [5.74, 6) is -0.0532. The number of hydrogen-bond donors (Lipinski definition) is 2. The maximum Gasteiger partial charge on any atom is 0.253 e. The van der Waals surface area contributed by atoms with Crippen molar-refractivity contribution in [2.75, 3.05) is 14.1 Å². The number of carbonyl (C=O) groups excluding carboxylic acids is 1. The molecule has 0 aliphatic rings. The molecule has 0 saturated heterocycles. The first-order chi connectivity index (χ1) is 8.00. The average Bonchev–Trinajstić information content (AvgIpc) is 2.28. The van der Waals surface area contributed by atoms with Gasteiger partial charge in [-0.15, -0.1) is 0 Å². The van der Waals surface area contributed by atoms with Gasteiger partial charge in [0.15, 0.2) is 5.11 Å². The molecule has 0 fully saturated rings. The Morgan fingerprint density at radius 1 is 1.53 bits per heavy atom. The fourth-order valence-electron chi connectivity index (χ4n) is 1.18. The SMILES string of the molecule is CN(C)C(=O)c1cccc(C=NNC(N)=S)c1. The van der Waals surface area contributed by atoms with E-state index in [0.29, 0.717) is 5.56 Å². The highest BCUT2D eigenvalue weighted by Crippen LogP contribution is 2.05. The van der Waals surface area contributed by atoms with Gasteiger partial charge >= 0.3 is 0 Å². The van der Waals surface area contributed by atoms with Crippen molar-refractivity contribution >= 4 is 29.5 Å². The van der Waals surface area contributed by atoms with Crippen molar-refractivity contribution in [2.45, 2.75) is 0 Å². The molecule has 6 heteroatoms. The van der Waals surface area contributed by atoms with E-state index in [1.165, 1.54) is 4.90 Å². The van der Waals surface area contributed by atoms with E-state index in [0.717, 1.165) is 5.56 Å². The van der Waals surface area contributed by atoms with Crippen molar-refractivity contribution in [1.82, 2.24) is 10.3 Å². The van der Waals surface area contributed by atoms with E-state index in [1.54, 1.807) is 38.5 Å². The van der Waals surface area contributed by atoms with Gasteiger partial charge < -0.3 is 10.6 Å². The predicted octanol–water partition coefficient (Wildman–Crippen LogP) is 0.556. The summed E-state index contributed by atoms with van der Waals surface area (Å²) in [4.78, 5) is 13.2. The smallest absolute Gasteiger partial charge is 0.253 e. The quantitative estimate of drug-likeness (QED) is 0.467. The van der Waals surface area contributed by atoms with Crippen LogP contribution in [0.5, 0.6) is 0 Å². The van der Waals surface area contributed by atoms with E-state index >= 15 is 0 Å². The van der Waals surface area contributed by atoms with Crippen LogP contribution in [0.4, 0.5) is 0 Å². The highest BCUT2D eigenvalue weighted by Gasteiger charge is 2.07. The summed E-state index contributed by atoms with van der Waals surface area (Å²) < 4.78 is 0. The van der Waals surface area contributed by atoms with Crippen molar-refractivity contribution < 1.29 is 4.79 Å². The molecule has 1 aromatic carbocycles. The Morgan fingerprint density at radius 2 is 2.24 bits per heavy atom. The molecule has 0 heterocycles. The molecule has 0 aromatic heterocycles. The van der Waals surface area contributed by atoms with Crippen molar-refractivity contribution in [2.24, 2.45) is 10.8 Å². The van der Waals surface area contributed by atoms with Crippen LogP contribution in [0.25, 0.3) is 0 Å². The Balaban J connectivity index is 2.82. The maximum absolute atomic E-state index is 11.7. The lowest BCUT2D eigenvalue weighted by Gasteiger charge is -2.10. The van der Waals surface area contributed by atoms with Gasteiger partial charge in [0.1, 0.15) is 0 Å². The first-order valence-corrected chi connectivity index (χ1v) is 5.32. The van der Waals surface area contributed by atoms with Crippen LogP contribution in [0.1, 0.15) is 15.9 Å². The number of amides is 1. The van der Waals surface area contributed by atoms with Gasteiger partial charge in [-0.25, -0.2) is 0 Å². The molecule has 0 aliphatic heterocycles. The van der Waals surface area contributed by atoms with Crippen LogP contribution in [-0.2, 0) is 0 Å². The summed E-state index contributed by atoms with van der Waals surface area (Å²) in [6, 6.07) is 7.11. The third-order valence-electron chi connectivity index (χ3n) is 1.93. The fraction of sp³-hybridized carbons (Fsp3) is 0.182. The molecule has 17 heavy (non-hydrogen) atoms. The van der Waals surface area contributed by atoms with Crippen LogP contribution in [0.15, 0.2) is 29.4 Å². The molecule has 1 aromatic rings. The zero-order valence-corrected chi connectivity index (χ0v) is 10.5. The van der Waals surface area contributed by atoms with Crippen LogP contribution >= 0.6 is 12.2 Å². The topological polar surface area (TPSA) is 70.7 Å². The average molecular weight is 250 g/mol. The number of carbonyl (C=O) groups is 1. The third-order valence-corrected chi connectivity index (χ3v) is 2.02. The van der Waals surface area contributed by atoms with E-state index < -0.39 is 0 Å². The van der Waals surface area contributed by atoms with E-state index in [-0.39, 0.29) is 11.0 Å². The summed E-state index contributed by atoms with van der Waals surface area (Å²) >= 11 is 4.60. The maximum atomic E-state index is 11.7. The zero-order valence-electron chi connectivity index (χ0n) is 9.68. The van der Waals surface area contributed by atoms with Gasteiger partial charge in [-0.3, -0.25) is 10.2 Å². The summed E-state index contributed by atoms with van der Waals surface area (Å²) in [6.45, 7) is 0. The van der Waals surface area contributed by atoms with Crippen LogP contribution in [0, 0.1) is 0 Å². The summed E-state index contributed by atoms with van der Waals surface area (Å²) in [7, 11) is 3.41. The summed E-state index contributed by atoms with van der Waals surface area (Å²) in [5, 5.41) is 3.92. The van der Waals surface area contributed by atoms with Gasteiger partial charge in [0.25, 0.3) is 5.91 Å². The Labute approximate surface area is 105 Å². The lowest BCUT2D eigenvalue weighted by atomic mass is 10.1. The van der Waals surface area contributed by atoms with Gasteiger partial charge in [0.05, 0.1) is 6.21 Å². The first-order valence-electron chi connectivity index (χ1n) is 4.91. The molecule has 5 nitrogen and oxygen atoms in total. The fourth-order valence-corrected chi connectivity index (χ4v) is 1.23. The van der Waals surface area contributed by atoms with E-state index in [1.807, 2.05) is 6.07 Å². The number of hydrazone groups is 1. The molecule has 0 bridgehead atoms. The van der Waals surface area contributed by atoms with Gasteiger partial charge in [-0.05, 0) is 29.9 Å². The molecule has 90 valence electrons. The minimum absolute atomic E-state index is 0.0532. The lowest BCUT2D eigenvalue weighted by Crippen LogP contribution is -2.24. The molecular formula is C11H14N4OS. The second-order valence-corrected chi connectivity index (χ2v) is 4.00. The molecular weight excluding hydrogens is 236 g/mol. The van der Waals surface area contributed by atoms with Crippen molar-refractivity contribution in [3.05, 3.63) is 35.4 Å². The van der Waals surface area contributed by atoms with Crippen molar-refractivity contribution in [1.29, 1.82) is 0 Å². The minimum atomic E-state index is -0.0532. The highest BCUT2D eigenvalue weighted by molar-refractivity contribution is 7.80. The summed E-state index contributed by atoms with van der Waals surface area (Å²) in [6.07, 6.45) is 1.55. The predicted molar refractivity (Wildman–Crippen MR) is 72.0 cm³/mol. The number of nitrogens with two attached hydrogens (primary N) is 1. The number of hydrogen-bond acceptors (Lipinski definition) is 3. The van der Waals surface area contributed by atoms with Crippen LogP contribution in [-0.4, -0.2) is 36.2 Å².